The lowest BCUT2D eigenvalue weighted by Crippen LogP contribution is -2.07. The minimum atomic E-state index is -0.273. The van der Waals surface area contributed by atoms with Crippen molar-refractivity contribution in [3.8, 4) is 5.75 Å². The van der Waals surface area contributed by atoms with Crippen LogP contribution in [0.15, 0.2) is 30.6 Å². The number of rotatable bonds is 4. The van der Waals surface area contributed by atoms with Gasteiger partial charge in [0.15, 0.2) is 11.9 Å². The van der Waals surface area contributed by atoms with Gasteiger partial charge in [-0.15, -0.1) is 0 Å². The summed E-state index contributed by atoms with van der Waals surface area (Å²) in [6, 6.07) is 4.74. The fourth-order valence-corrected chi connectivity index (χ4v) is 2.95. The molecule has 0 fully saturated rings. The SMILES string of the molecule is CC1Cc2cc(F)cc(CNc3ccn4ncc(C=O)c4n3)c2O1. The van der Waals surface area contributed by atoms with Crippen molar-refractivity contribution >= 4 is 17.8 Å². The van der Waals surface area contributed by atoms with Gasteiger partial charge in [0.1, 0.15) is 23.5 Å². The van der Waals surface area contributed by atoms with Crippen LogP contribution in [0.5, 0.6) is 5.75 Å². The van der Waals surface area contributed by atoms with E-state index in [9.17, 15) is 9.18 Å². The average molecular weight is 326 g/mol. The molecular weight excluding hydrogens is 311 g/mol. The van der Waals surface area contributed by atoms with Crippen molar-refractivity contribution in [2.45, 2.75) is 26.0 Å². The minimum Gasteiger partial charge on any atom is -0.490 e. The van der Waals surface area contributed by atoms with Gasteiger partial charge in [-0.25, -0.2) is 13.9 Å². The number of aromatic nitrogens is 3. The maximum atomic E-state index is 13.8. The van der Waals surface area contributed by atoms with Crippen LogP contribution in [0.3, 0.4) is 0 Å². The molecule has 0 saturated carbocycles. The Kier molecular flexibility index (Phi) is 3.41. The number of carbonyl (C=O) groups is 1. The van der Waals surface area contributed by atoms with Crippen LogP contribution in [0.2, 0.25) is 0 Å². The molecule has 0 amide bonds. The number of halogens is 1. The van der Waals surface area contributed by atoms with Crippen molar-refractivity contribution in [1.82, 2.24) is 14.6 Å². The topological polar surface area (TPSA) is 68.5 Å². The van der Waals surface area contributed by atoms with E-state index in [0.717, 1.165) is 16.9 Å². The van der Waals surface area contributed by atoms with Crippen molar-refractivity contribution in [2.75, 3.05) is 5.32 Å². The molecule has 0 bridgehead atoms. The fraction of sp³-hybridized carbons (Fsp3) is 0.235. The highest BCUT2D eigenvalue weighted by Gasteiger charge is 2.23. The molecule has 1 aromatic carbocycles. The third-order valence-corrected chi connectivity index (χ3v) is 4.02. The molecule has 1 unspecified atom stereocenters. The Hall–Kier alpha value is -2.96. The largest absolute Gasteiger partial charge is 0.490 e. The third-order valence-electron chi connectivity index (χ3n) is 4.02. The van der Waals surface area contributed by atoms with Gasteiger partial charge in [0.05, 0.1) is 11.8 Å². The second kappa shape index (κ2) is 5.59. The van der Waals surface area contributed by atoms with Crippen LogP contribution in [0.1, 0.15) is 28.4 Å². The summed E-state index contributed by atoms with van der Waals surface area (Å²) < 4.78 is 21.1. The minimum absolute atomic E-state index is 0.0527. The Labute approximate surface area is 137 Å². The van der Waals surface area contributed by atoms with Crippen molar-refractivity contribution in [3.05, 3.63) is 53.1 Å². The molecule has 3 aromatic rings. The van der Waals surface area contributed by atoms with Gasteiger partial charge in [-0.2, -0.15) is 5.10 Å². The molecule has 0 saturated heterocycles. The van der Waals surface area contributed by atoms with Crippen molar-refractivity contribution in [1.29, 1.82) is 0 Å². The van der Waals surface area contributed by atoms with E-state index in [2.05, 4.69) is 15.4 Å². The van der Waals surface area contributed by atoms with E-state index < -0.39 is 0 Å². The zero-order valence-electron chi connectivity index (χ0n) is 13.0. The summed E-state index contributed by atoms with van der Waals surface area (Å²) in [6.07, 6.45) is 4.66. The molecule has 1 N–H and O–H groups in total. The van der Waals surface area contributed by atoms with Crippen LogP contribution < -0.4 is 10.1 Å². The molecule has 2 aromatic heterocycles. The van der Waals surface area contributed by atoms with Crippen LogP contribution >= 0.6 is 0 Å². The van der Waals surface area contributed by atoms with Gasteiger partial charge >= 0.3 is 0 Å². The van der Waals surface area contributed by atoms with Crippen LogP contribution in [-0.4, -0.2) is 27.0 Å². The molecule has 3 heterocycles. The molecule has 24 heavy (non-hydrogen) atoms. The number of hydrogen-bond donors (Lipinski definition) is 1. The second-order valence-corrected chi connectivity index (χ2v) is 5.84. The molecular formula is C17H15FN4O2. The van der Waals surface area contributed by atoms with E-state index in [1.54, 1.807) is 12.3 Å². The lowest BCUT2D eigenvalue weighted by Gasteiger charge is -2.11. The van der Waals surface area contributed by atoms with E-state index in [4.69, 9.17) is 4.74 Å². The highest BCUT2D eigenvalue weighted by atomic mass is 19.1. The molecule has 0 aliphatic carbocycles. The van der Waals surface area contributed by atoms with Gasteiger partial charge in [0.25, 0.3) is 0 Å². The lowest BCUT2D eigenvalue weighted by atomic mass is 10.1. The molecule has 7 heteroatoms. The number of anilines is 1. The Morgan fingerprint density at radius 3 is 3.21 bits per heavy atom. The molecule has 0 spiro atoms. The van der Waals surface area contributed by atoms with Crippen LogP contribution in [-0.2, 0) is 13.0 Å². The molecule has 0 radical (unpaired) electrons. The Bertz CT molecular complexity index is 938. The first-order valence-electron chi connectivity index (χ1n) is 7.65. The number of benzene rings is 1. The fourth-order valence-electron chi connectivity index (χ4n) is 2.95. The summed E-state index contributed by atoms with van der Waals surface area (Å²) in [4.78, 5) is 15.4. The quantitative estimate of drug-likeness (QED) is 0.747. The standard InChI is InChI=1S/C17H15FN4O2/c1-10-4-11-5-14(18)6-12(16(11)24-10)7-19-15-2-3-22-17(21-15)13(9-23)8-20-22/h2-3,5-6,8-10H,4,7H2,1H3,(H,19,21). The summed E-state index contributed by atoms with van der Waals surface area (Å²) in [5.41, 5.74) is 2.54. The predicted octanol–water partition coefficient (Wildman–Crippen LogP) is 2.62. The highest BCUT2D eigenvalue weighted by Crippen LogP contribution is 2.33. The van der Waals surface area contributed by atoms with Gasteiger partial charge in [-0.3, -0.25) is 4.79 Å². The molecule has 6 nitrogen and oxygen atoms in total. The number of fused-ring (bicyclic) bond motifs is 2. The Balaban J connectivity index is 1.61. The van der Waals surface area contributed by atoms with Gasteiger partial charge in [0.2, 0.25) is 0 Å². The summed E-state index contributed by atoms with van der Waals surface area (Å²) in [7, 11) is 0. The van der Waals surface area contributed by atoms with Gasteiger partial charge < -0.3 is 10.1 Å². The zero-order valence-corrected chi connectivity index (χ0v) is 13.0. The smallest absolute Gasteiger partial charge is 0.167 e. The zero-order chi connectivity index (χ0) is 16.7. The highest BCUT2D eigenvalue weighted by molar-refractivity contribution is 5.83. The lowest BCUT2D eigenvalue weighted by molar-refractivity contribution is 0.112. The van der Waals surface area contributed by atoms with Gasteiger partial charge in [-0.1, -0.05) is 0 Å². The van der Waals surface area contributed by atoms with E-state index in [0.29, 0.717) is 36.3 Å². The van der Waals surface area contributed by atoms with E-state index >= 15 is 0 Å². The normalized spacial score (nSPS) is 16.0. The summed E-state index contributed by atoms with van der Waals surface area (Å²) in [5, 5.41) is 7.19. The van der Waals surface area contributed by atoms with Crippen molar-refractivity contribution in [3.63, 3.8) is 0 Å². The number of carbonyl (C=O) groups excluding carboxylic acids is 1. The number of hydrogen-bond acceptors (Lipinski definition) is 5. The first kappa shape index (κ1) is 14.6. The van der Waals surface area contributed by atoms with Crippen molar-refractivity contribution in [2.24, 2.45) is 0 Å². The molecule has 1 aliphatic heterocycles. The number of ether oxygens (including phenoxy) is 1. The van der Waals surface area contributed by atoms with E-state index in [-0.39, 0.29) is 11.9 Å². The summed E-state index contributed by atoms with van der Waals surface area (Å²) in [6.45, 7) is 2.34. The molecule has 1 aliphatic rings. The van der Waals surface area contributed by atoms with Crippen molar-refractivity contribution < 1.29 is 13.9 Å². The maximum absolute atomic E-state index is 13.8. The summed E-state index contributed by atoms with van der Waals surface area (Å²) in [5.74, 6) is 1.05. The van der Waals surface area contributed by atoms with E-state index in [1.807, 2.05) is 6.92 Å². The number of nitrogens with one attached hydrogen (secondary N) is 1. The predicted molar refractivity (Wildman–Crippen MR) is 85.9 cm³/mol. The van der Waals surface area contributed by atoms with Crippen LogP contribution in [0, 0.1) is 5.82 Å². The van der Waals surface area contributed by atoms with Crippen LogP contribution in [0.25, 0.3) is 5.65 Å². The molecule has 1 atom stereocenters. The van der Waals surface area contributed by atoms with Gasteiger partial charge in [0, 0.05) is 30.3 Å². The van der Waals surface area contributed by atoms with Gasteiger partial charge in [-0.05, 0) is 25.1 Å². The monoisotopic (exact) mass is 326 g/mol. The first-order valence-corrected chi connectivity index (χ1v) is 7.65. The first-order chi connectivity index (χ1) is 11.6. The number of nitrogens with zero attached hydrogens (tertiary/aromatic N) is 3. The third kappa shape index (κ3) is 2.47. The van der Waals surface area contributed by atoms with E-state index in [1.165, 1.54) is 22.8 Å². The summed E-state index contributed by atoms with van der Waals surface area (Å²) >= 11 is 0. The maximum Gasteiger partial charge on any atom is 0.167 e. The Morgan fingerprint density at radius 2 is 2.38 bits per heavy atom. The second-order valence-electron chi connectivity index (χ2n) is 5.84. The molecule has 4 rings (SSSR count). The average Bonchev–Trinajstić information content (AvgIpc) is 3.14. The van der Waals surface area contributed by atoms with Crippen LogP contribution in [0.4, 0.5) is 10.2 Å². The number of aldehydes is 1. The molecule has 122 valence electrons. The Morgan fingerprint density at radius 1 is 1.50 bits per heavy atom.